The van der Waals surface area contributed by atoms with Crippen molar-refractivity contribution < 1.29 is 62.2 Å². The zero-order valence-electron chi connectivity index (χ0n) is 39.7. The Labute approximate surface area is 388 Å². The number of cyclic esters (lactones) is 2. The van der Waals surface area contributed by atoms with E-state index >= 15 is 0 Å². The highest BCUT2D eigenvalue weighted by Crippen LogP contribution is 2.44. The number of ketones is 1. The van der Waals surface area contributed by atoms with Gasteiger partial charge in [-0.15, -0.1) is 0 Å². The summed E-state index contributed by atoms with van der Waals surface area (Å²) in [4.78, 5) is 73.3. The summed E-state index contributed by atoms with van der Waals surface area (Å²) in [5.41, 5.74) is -1.93. The van der Waals surface area contributed by atoms with Crippen LogP contribution in [-0.4, -0.2) is 145 Å². The van der Waals surface area contributed by atoms with E-state index in [-0.39, 0.29) is 37.3 Å². The molecule has 65 heavy (non-hydrogen) atoms. The first-order valence-corrected chi connectivity index (χ1v) is 23.6. The van der Waals surface area contributed by atoms with Crippen molar-refractivity contribution in [3.05, 3.63) is 34.9 Å². The molecule has 364 valence electrons. The van der Waals surface area contributed by atoms with Gasteiger partial charge in [0, 0.05) is 49.0 Å². The third-order valence-electron chi connectivity index (χ3n) is 14.6. The van der Waals surface area contributed by atoms with E-state index in [1.165, 1.54) is 7.11 Å². The fraction of sp³-hybridized carbons (Fsp3) is 0.766. The van der Waals surface area contributed by atoms with Crippen LogP contribution in [0.1, 0.15) is 100.0 Å². The summed E-state index contributed by atoms with van der Waals surface area (Å²) < 4.78 is 43.7. The Bertz CT molecular complexity index is 1870. The largest absolute Gasteiger partial charge is 0.458 e. The quantitative estimate of drug-likeness (QED) is 0.167. The normalized spacial score (nSPS) is 39.4. The molecule has 4 aliphatic heterocycles. The average Bonchev–Trinajstić information content (AvgIpc) is 3.96. The molecule has 4 heterocycles. The number of aliphatic hydroxyl groups is 1. The Morgan fingerprint density at radius 2 is 1.71 bits per heavy atom. The van der Waals surface area contributed by atoms with E-state index < -0.39 is 108 Å². The standard InChI is InChI=1S/C47H71ClN4O13/c1-12-34-47(9)38(52(45(58)65-47)20-19-30-15-17-32(48)18-16-30)26(4)35(53)24(2)22-46(8,59-11)39(63-42-36(54)33(21-25(3)60-42)51(10)23-31-13-14-31)27(5)37(28(6)41(55)61-34)62-44(57)50-40-29(7)49-43(56)64-40/h15-18,24-29,31,33-34,36-40,42,54H,12-14,19-23H2,1-11H3,(H,49,56)(H,50,57)/t24-,25-,26+,27+,28-,29+,33+,34-,36-,37+,38-,39-,40?,42+,46-,47-/m1/s1. The molecular weight excluding hydrogens is 864 g/mol. The van der Waals surface area contributed by atoms with Crippen LogP contribution in [-0.2, 0) is 49.2 Å². The molecular formula is C47H71ClN4O13. The van der Waals surface area contributed by atoms with Gasteiger partial charge in [0.2, 0.25) is 0 Å². The predicted octanol–water partition coefficient (Wildman–Crippen LogP) is 5.85. The number of rotatable bonds is 12. The summed E-state index contributed by atoms with van der Waals surface area (Å²) in [6.07, 6.45) is -5.93. The second kappa shape index (κ2) is 20.6. The molecule has 1 unspecified atom stereocenters. The first-order valence-electron chi connectivity index (χ1n) is 23.3. The highest BCUT2D eigenvalue weighted by Gasteiger charge is 2.60. The van der Waals surface area contributed by atoms with Crippen LogP contribution in [0.3, 0.4) is 0 Å². The smallest absolute Gasteiger partial charge is 0.410 e. The molecule has 6 rings (SSSR count). The van der Waals surface area contributed by atoms with E-state index in [9.17, 15) is 29.1 Å². The van der Waals surface area contributed by atoms with Crippen molar-refractivity contribution in [3.8, 4) is 0 Å². The van der Waals surface area contributed by atoms with Gasteiger partial charge in [-0.3, -0.25) is 19.8 Å². The number of hydrogen-bond donors (Lipinski definition) is 3. The Morgan fingerprint density at radius 1 is 1.03 bits per heavy atom. The summed E-state index contributed by atoms with van der Waals surface area (Å²) in [7, 11) is 3.48. The minimum absolute atomic E-state index is 0.0736. The maximum absolute atomic E-state index is 15.0. The maximum Gasteiger partial charge on any atom is 0.410 e. The number of ether oxygens (including phenoxy) is 7. The van der Waals surface area contributed by atoms with Crippen molar-refractivity contribution in [1.29, 1.82) is 0 Å². The van der Waals surface area contributed by atoms with Gasteiger partial charge < -0.3 is 48.5 Å². The number of carbonyl (C=O) groups excluding carboxylic acids is 5. The van der Waals surface area contributed by atoms with Crippen LogP contribution in [0.4, 0.5) is 14.4 Å². The van der Waals surface area contributed by atoms with Gasteiger partial charge in [0.15, 0.2) is 18.1 Å². The van der Waals surface area contributed by atoms with Crippen LogP contribution in [0.25, 0.3) is 0 Å². The molecule has 0 bridgehead atoms. The number of nitrogens with one attached hydrogen (secondary N) is 2. The molecule has 0 radical (unpaired) electrons. The van der Waals surface area contributed by atoms with Gasteiger partial charge >= 0.3 is 24.2 Å². The van der Waals surface area contributed by atoms with Crippen LogP contribution < -0.4 is 10.6 Å². The molecule has 4 saturated heterocycles. The maximum atomic E-state index is 15.0. The molecule has 0 aromatic heterocycles. The van der Waals surface area contributed by atoms with Crippen LogP contribution in [0.2, 0.25) is 5.02 Å². The number of esters is 1. The van der Waals surface area contributed by atoms with Gasteiger partial charge in [-0.05, 0) is 104 Å². The minimum atomic E-state index is -1.49. The molecule has 1 aliphatic carbocycles. The van der Waals surface area contributed by atoms with Gasteiger partial charge in [-0.2, -0.15) is 0 Å². The molecule has 5 fully saturated rings. The van der Waals surface area contributed by atoms with E-state index in [4.69, 9.17) is 44.8 Å². The molecule has 17 nitrogen and oxygen atoms in total. The number of nitrogens with zero attached hydrogens (tertiary/aromatic N) is 2. The second-order valence-corrected chi connectivity index (χ2v) is 20.1. The summed E-state index contributed by atoms with van der Waals surface area (Å²) >= 11 is 6.16. The zero-order chi connectivity index (χ0) is 47.7. The molecule has 0 spiro atoms. The van der Waals surface area contributed by atoms with E-state index in [0.717, 1.165) is 24.9 Å². The van der Waals surface area contributed by atoms with Gasteiger partial charge in [-0.25, -0.2) is 14.4 Å². The Balaban J connectivity index is 1.40. The first kappa shape index (κ1) is 50.7. The number of carbonyl (C=O) groups is 5. The molecule has 18 heteroatoms. The Hall–Kier alpha value is -3.74. The fourth-order valence-electron chi connectivity index (χ4n) is 10.7. The van der Waals surface area contributed by atoms with Gasteiger partial charge in [-0.1, -0.05) is 51.4 Å². The summed E-state index contributed by atoms with van der Waals surface area (Å²) in [6.45, 7) is 16.8. The number of Topliss-reactive ketones (excluding diaryl/α,β-unsaturated/α-hetero) is 1. The molecule has 3 N–H and O–H groups in total. The van der Waals surface area contributed by atoms with Crippen molar-refractivity contribution in [2.75, 3.05) is 27.2 Å². The molecule has 1 saturated carbocycles. The Kier molecular flexibility index (Phi) is 16.1. The van der Waals surface area contributed by atoms with Gasteiger partial charge in [0.05, 0.1) is 35.8 Å². The topological polar surface area (TPSA) is 201 Å². The molecule has 3 amide bonds. The van der Waals surface area contributed by atoms with E-state index in [0.29, 0.717) is 23.8 Å². The van der Waals surface area contributed by atoms with E-state index in [2.05, 4.69) is 15.5 Å². The highest BCUT2D eigenvalue weighted by molar-refractivity contribution is 6.30. The first-order chi connectivity index (χ1) is 30.6. The highest BCUT2D eigenvalue weighted by atomic mass is 35.5. The number of likely N-dealkylation sites (N-methyl/N-ethyl adjacent to an activating group) is 1. The lowest BCUT2D eigenvalue weighted by Gasteiger charge is -2.48. The number of aliphatic hydroxyl groups excluding tert-OH is 1. The molecule has 1 aromatic rings. The average molecular weight is 936 g/mol. The van der Waals surface area contributed by atoms with E-state index in [1.807, 2.05) is 26.1 Å². The lowest BCUT2D eigenvalue weighted by molar-refractivity contribution is -0.302. The van der Waals surface area contributed by atoms with Crippen LogP contribution in [0.5, 0.6) is 0 Å². The van der Waals surface area contributed by atoms with Crippen molar-refractivity contribution >= 4 is 41.6 Å². The summed E-state index contributed by atoms with van der Waals surface area (Å²) in [5, 5.41) is 17.7. The third-order valence-corrected chi connectivity index (χ3v) is 14.8. The number of hydrogen-bond acceptors (Lipinski definition) is 14. The number of halogens is 1. The van der Waals surface area contributed by atoms with Crippen LogP contribution in [0.15, 0.2) is 24.3 Å². The van der Waals surface area contributed by atoms with Gasteiger partial charge in [0.25, 0.3) is 0 Å². The zero-order valence-corrected chi connectivity index (χ0v) is 40.5. The van der Waals surface area contributed by atoms with Crippen molar-refractivity contribution in [3.63, 3.8) is 0 Å². The lowest BCUT2D eigenvalue weighted by Crippen LogP contribution is -2.61. The minimum Gasteiger partial charge on any atom is -0.458 e. The van der Waals surface area contributed by atoms with Crippen molar-refractivity contribution in [2.45, 2.75) is 173 Å². The van der Waals surface area contributed by atoms with Crippen LogP contribution >= 0.6 is 11.6 Å². The SMILES string of the molecule is CC[C@H]1OC(=O)[C@H](C)[C@@H](OC(=O)NC2OC(=O)N[C@H]2C)[C@H](C)[C@@H](O[C@@H]2O[C@H](C)C[C@H](N(C)CC3CC3)[C@H]2O)[C@](C)(OC)C[C@@H](C)C(=O)[C@H](C)[C@H]2N(CCc3ccc(Cl)cc3)C(=O)O[C@]12C. The third kappa shape index (κ3) is 11.2. The number of benzene rings is 1. The van der Waals surface area contributed by atoms with Crippen molar-refractivity contribution in [1.82, 2.24) is 20.4 Å². The number of methoxy groups -OCH3 is 1. The number of alkyl carbamates (subject to hydrolysis) is 2. The van der Waals surface area contributed by atoms with Crippen molar-refractivity contribution in [2.24, 2.45) is 29.6 Å². The van der Waals surface area contributed by atoms with Gasteiger partial charge in [0.1, 0.15) is 24.1 Å². The number of amides is 3. The second-order valence-electron chi connectivity index (χ2n) is 19.7. The lowest BCUT2D eigenvalue weighted by atomic mass is 9.73. The molecule has 5 aliphatic rings. The Morgan fingerprint density at radius 3 is 2.31 bits per heavy atom. The van der Waals surface area contributed by atoms with Crippen LogP contribution in [0, 0.1) is 29.6 Å². The number of fused-ring (bicyclic) bond motifs is 1. The fourth-order valence-corrected chi connectivity index (χ4v) is 10.8. The predicted molar refractivity (Wildman–Crippen MR) is 238 cm³/mol. The molecule has 1 aromatic carbocycles. The summed E-state index contributed by atoms with van der Waals surface area (Å²) in [5.74, 6) is -4.03. The van der Waals surface area contributed by atoms with E-state index in [1.54, 1.807) is 72.4 Å². The molecule has 16 atom stereocenters. The monoisotopic (exact) mass is 934 g/mol. The summed E-state index contributed by atoms with van der Waals surface area (Å²) in [6, 6.07) is 5.52.